The average Bonchev–Trinajstić information content (AvgIpc) is 2.65. The van der Waals surface area contributed by atoms with Crippen molar-refractivity contribution in [2.75, 3.05) is 33.6 Å². The summed E-state index contributed by atoms with van der Waals surface area (Å²) in [5.41, 5.74) is 0. The molecule has 3 unspecified atom stereocenters. The maximum absolute atomic E-state index is 12.5. The van der Waals surface area contributed by atoms with Crippen molar-refractivity contribution >= 4 is 16.1 Å². The quantitative estimate of drug-likeness (QED) is 0.276. The molecular formula is C19H38N2O5P2. The van der Waals surface area contributed by atoms with Crippen LogP contribution in [0.25, 0.3) is 0 Å². The highest BCUT2D eigenvalue weighted by Crippen LogP contribution is 2.51. The van der Waals surface area contributed by atoms with Crippen molar-refractivity contribution in [2.45, 2.75) is 71.9 Å². The van der Waals surface area contributed by atoms with Crippen molar-refractivity contribution in [3.05, 3.63) is 0 Å². The molecule has 0 radical (unpaired) electrons. The van der Waals surface area contributed by atoms with Crippen LogP contribution in [-0.2, 0) is 22.7 Å². The van der Waals surface area contributed by atoms with Crippen LogP contribution in [0.4, 0.5) is 0 Å². The van der Waals surface area contributed by atoms with Crippen molar-refractivity contribution < 1.29 is 22.7 Å². The van der Waals surface area contributed by atoms with Crippen LogP contribution in [-0.4, -0.2) is 50.3 Å². The smallest absolute Gasteiger partial charge is 0.322 e. The number of rotatable bonds is 13. The van der Waals surface area contributed by atoms with E-state index in [2.05, 4.69) is 38.4 Å². The molecule has 3 atom stereocenters. The molecule has 0 aromatic heterocycles. The number of nitrogens with zero attached hydrogens (tertiary/aromatic N) is 2. The lowest BCUT2D eigenvalue weighted by atomic mass is 9.83. The first-order chi connectivity index (χ1) is 13.3. The van der Waals surface area contributed by atoms with E-state index in [1.807, 2.05) is 0 Å². The van der Waals surface area contributed by atoms with Crippen LogP contribution in [0.3, 0.4) is 0 Å². The molecule has 0 aliphatic heterocycles. The maximum Gasteiger partial charge on any atom is 0.330 e. The molecule has 1 saturated carbocycles. The fraction of sp³-hybridized carbons (Fsp3) is 0.947. The van der Waals surface area contributed by atoms with Gasteiger partial charge in [-0.25, -0.2) is 4.67 Å². The first kappa shape index (κ1) is 26.0. The largest absolute Gasteiger partial charge is 0.330 e. The van der Waals surface area contributed by atoms with E-state index < -0.39 is 16.1 Å². The van der Waals surface area contributed by atoms with Crippen molar-refractivity contribution in [3.63, 3.8) is 0 Å². The monoisotopic (exact) mass is 436 g/mol. The number of nitriles is 1. The fourth-order valence-electron chi connectivity index (χ4n) is 3.74. The van der Waals surface area contributed by atoms with Gasteiger partial charge in [-0.2, -0.15) is 5.26 Å². The molecule has 1 rings (SSSR count). The van der Waals surface area contributed by atoms with Gasteiger partial charge in [0, 0.05) is 26.3 Å². The van der Waals surface area contributed by atoms with Crippen LogP contribution in [0.2, 0.25) is 0 Å². The molecule has 0 amide bonds. The summed E-state index contributed by atoms with van der Waals surface area (Å²) in [4.78, 5) is 0. The summed E-state index contributed by atoms with van der Waals surface area (Å²) < 4.78 is 37.2. The Morgan fingerprint density at radius 2 is 1.71 bits per heavy atom. The van der Waals surface area contributed by atoms with Gasteiger partial charge in [0.1, 0.15) is 0 Å². The zero-order valence-corrected chi connectivity index (χ0v) is 20.1. The molecule has 9 heteroatoms. The van der Waals surface area contributed by atoms with Crippen LogP contribution >= 0.6 is 16.1 Å². The molecule has 1 fully saturated rings. The third kappa shape index (κ3) is 8.76. The first-order valence-corrected chi connectivity index (χ1v) is 13.0. The molecule has 0 N–H and O–H groups in total. The number of hydrogen-bond donors (Lipinski definition) is 0. The molecule has 0 bridgehead atoms. The third-order valence-corrected chi connectivity index (χ3v) is 9.16. The Kier molecular flexibility index (Phi) is 12.3. The van der Waals surface area contributed by atoms with Gasteiger partial charge in [0.15, 0.2) is 0 Å². The Bertz CT molecular complexity index is 511. The van der Waals surface area contributed by atoms with Crippen molar-refractivity contribution in [3.8, 4) is 6.07 Å². The minimum atomic E-state index is -2.97. The lowest BCUT2D eigenvalue weighted by Crippen LogP contribution is -2.34. The zero-order chi connectivity index (χ0) is 21.2. The van der Waals surface area contributed by atoms with Crippen LogP contribution in [0.5, 0.6) is 0 Å². The van der Waals surface area contributed by atoms with E-state index in [-0.39, 0.29) is 0 Å². The van der Waals surface area contributed by atoms with Crippen molar-refractivity contribution in [1.29, 1.82) is 5.26 Å². The third-order valence-electron chi connectivity index (χ3n) is 5.01. The predicted molar refractivity (Wildman–Crippen MR) is 113 cm³/mol. The van der Waals surface area contributed by atoms with Crippen LogP contribution < -0.4 is 0 Å². The van der Waals surface area contributed by atoms with Crippen molar-refractivity contribution in [2.24, 2.45) is 11.8 Å². The zero-order valence-electron chi connectivity index (χ0n) is 18.3. The molecule has 1 aliphatic rings. The minimum absolute atomic E-state index is 0.293. The maximum atomic E-state index is 12.5. The molecule has 1 aliphatic carbocycles. The minimum Gasteiger partial charge on any atom is -0.322 e. The molecule has 0 saturated heterocycles. The topological polar surface area (TPSA) is 81.0 Å². The fourth-order valence-corrected chi connectivity index (χ4v) is 6.83. The van der Waals surface area contributed by atoms with Gasteiger partial charge >= 0.3 is 7.60 Å². The van der Waals surface area contributed by atoms with E-state index >= 15 is 0 Å². The molecule has 0 aromatic carbocycles. The average molecular weight is 436 g/mol. The summed E-state index contributed by atoms with van der Waals surface area (Å²) >= 11 is 0. The Hall–Kier alpha value is -0.0500. The van der Waals surface area contributed by atoms with E-state index in [1.165, 1.54) is 14.2 Å². The molecule has 0 heterocycles. The van der Waals surface area contributed by atoms with Gasteiger partial charge < -0.3 is 18.1 Å². The Morgan fingerprint density at radius 3 is 2.25 bits per heavy atom. The van der Waals surface area contributed by atoms with E-state index in [4.69, 9.17) is 23.4 Å². The number of hydrogen-bond acceptors (Lipinski definition) is 7. The second-order valence-corrected chi connectivity index (χ2v) is 11.7. The Morgan fingerprint density at radius 1 is 1.11 bits per heavy atom. The van der Waals surface area contributed by atoms with E-state index in [0.29, 0.717) is 49.7 Å². The van der Waals surface area contributed by atoms with E-state index in [1.54, 1.807) is 0 Å². The summed E-state index contributed by atoms with van der Waals surface area (Å²) in [7, 11) is -1.28. The van der Waals surface area contributed by atoms with E-state index in [9.17, 15) is 4.57 Å². The normalized spacial score (nSPS) is 22.0. The second-order valence-electron chi connectivity index (χ2n) is 7.90. The summed E-state index contributed by atoms with van der Waals surface area (Å²) in [5, 5.41) is 8.81. The highest BCUT2D eigenvalue weighted by molar-refractivity contribution is 7.53. The van der Waals surface area contributed by atoms with Gasteiger partial charge in [-0.15, -0.1) is 0 Å². The standard InChI is InChI=1S/C19H38N2O5P2/c1-16(2)21(17(3)4)27(25-12-8-11-20)26-14-18-9-7-10-19(13-18)15-28(22,23-5)24-6/h16-19H,7-10,12-15H2,1-6H3. The van der Waals surface area contributed by atoms with Gasteiger partial charge in [-0.05, 0) is 58.8 Å². The highest BCUT2D eigenvalue weighted by atomic mass is 31.2. The molecule has 28 heavy (non-hydrogen) atoms. The summed E-state index contributed by atoms with van der Waals surface area (Å²) in [5.74, 6) is 0.733. The predicted octanol–water partition coefficient (Wildman–Crippen LogP) is 5.57. The molecular weight excluding hydrogens is 398 g/mol. The van der Waals surface area contributed by atoms with Crippen molar-refractivity contribution in [1.82, 2.24) is 4.67 Å². The van der Waals surface area contributed by atoms with Gasteiger partial charge in [0.25, 0.3) is 8.53 Å². The molecule has 0 aromatic rings. The Balaban J connectivity index is 2.67. The molecule has 164 valence electrons. The van der Waals surface area contributed by atoms with Gasteiger partial charge in [0.05, 0.1) is 31.9 Å². The van der Waals surface area contributed by atoms with E-state index in [0.717, 1.165) is 25.7 Å². The Labute approximate surface area is 172 Å². The van der Waals surface area contributed by atoms with Crippen LogP contribution in [0.15, 0.2) is 0 Å². The first-order valence-electron chi connectivity index (χ1n) is 10.2. The van der Waals surface area contributed by atoms with Gasteiger partial charge in [0.2, 0.25) is 0 Å². The SMILES string of the molecule is COP(=O)(CC1CCCC(COP(OCCC#N)N(C(C)C)C(C)C)C1)OC. The molecule has 7 nitrogen and oxygen atoms in total. The molecule has 0 spiro atoms. The summed E-state index contributed by atoms with van der Waals surface area (Å²) in [6, 6.07) is 2.71. The lowest BCUT2D eigenvalue weighted by molar-refractivity contribution is 0.134. The second kappa shape index (κ2) is 13.3. The van der Waals surface area contributed by atoms with Gasteiger partial charge in [-0.3, -0.25) is 4.57 Å². The summed E-state index contributed by atoms with van der Waals surface area (Å²) in [6.07, 6.45) is 5.03. The van der Waals surface area contributed by atoms with Gasteiger partial charge in [-0.1, -0.05) is 6.42 Å². The van der Waals surface area contributed by atoms with Crippen LogP contribution in [0.1, 0.15) is 59.8 Å². The highest BCUT2D eigenvalue weighted by Gasteiger charge is 2.33. The lowest BCUT2D eigenvalue weighted by Gasteiger charge is -2.37. The van der Waals surface area contributed by atoms with Crippen LogP contribution in [0, 0.1) is 23.2 Å². The summed E-state index contributed by atoms with van der Waals surface area (Å²) in [6.45, 7) is 9.54.